The Morgan fingerprint density at radius 2 is 2.30 bits per heavy atom. The van der Waals surface area contributed by atoms with Crippen LogP contribution in [0.1, 0.15) is 11.4 Å². The van der Waals surface area contributed by atoms with Crippen LogP contribution in [0.2, 0.25) is 0 Å². The van der Waals surface area contributed by atoms with Crippen LogP contribution in [0.15, 0.2) is 12.1 Å². The number of rotatable bonds is 1. The van der Waals surface area contributed by atoms with Crippen molar-refractivity contribution >= 4 is 0 Å². The molecule has 1 aromatic rings. The van der Waals surface area contributed by atoms with Crippen LogP contribution in [0.4, 0.5) is 4.39 Å². The molecule has 0 spiro atoms. The highest BCUT2D eigenvalue weighted by atomic mass is 19.1. The van der Waals surface area contributed by atoms with Crippen molar-refractivity contribution in [3.05, 3.63) is 29.3 Å². The summed E-state index contributed by atoms with van der Waals surface area (Å²) in [4.78, 5) is 3.70. The Kier molecular flexibility index (Phi) is 1.97. The van der Waals surface area contributed by atoms with E-state index in [-0.39, 0.29) is 18.1 Å². The molecule has 0 bridgehead atoms. The molecule has 10 heavy (non-hydrogen) atoms. The van der Waals surface area contributed by atoms with E-state index >= 15 is 0 Å². The second-order valence-electron chi connectivity index (χ2n) is 2.01. The normalized spacial score (nSPS) is 9.90. The molecular formula is C7H7FNO. The molecule has 0 aliphatic carbocycles. The molecule has 1 rings (SSSR count). The van der Waals surface area contributed by atoms with E-state index in [0.717, 1.165) is 0 Å². The van der Waals surface area contributed by atoms with Crippen molar-refractivity contribution < 1.29 is 9.50 Å². The third-order valence-corrected chi connectivity index (χ3v) is 1.23. The second kappa shape index (κ2) is 2.75. The Bertz CT molecular complexity index is 237. The molecular weight excluding hydrogens is 133 g/mol. The molecule has 1 aromatic heterocycles. The van der Waals surface area contributed by atoms with E-state index in [1.54, 1.807) is 0 Å². The van der Waals surface area contributed by atoms with Gasteiger partial charge in [0.15, 0.2) is 0 Å². The zero-order chi connectivity index (χ0) is 7.56. The SMILES string of the molecule is Cc1nc(C[O])ccc1F. The fourth-order valence-electron chi connectivity index (χ4n) is 0.676. The van der Waals surface area contributed by atoms with E-state index in [1.165, 1.54) is 19.1 Å². The van der Waals surface area contributed by atoms with Gasteiger partial charge in [0, 0.05) is 0 Å². The molecule has 1 radical (unpaired) electrons. The van der Waals surface area contributed by atoms with Gasteiger partial charge in [-0.3, -0.25) is 4.98 Å². The summed E-state index contributed by atoms with van der Waals surface area (Å²) in [5.41, 5.74) is 0.673. The molecule has 0 aliphatic heterocycles. The highest BCUT2D eigenvalue weighted by molar-refractivity contribution is 5.11. The molecule has 0 atom stereocenters. The van der Waals surface area contributed by atoms with Crippen molar-refractivity contribution in [3.63, 3.8) is 0 Å². The third-order valence-electron chi connectivity index (χ3n) is 1.23. The van der Waals surface area contributed by atoms with Crippen LogP contribution in [0.25, 0.3) is 0 Å². The zero-order valence-corrected chi connectivity index (χ0v) is 5.60. The van der Waals surface area contributed by atoms with Crippen LogP contribution in [-0.2, 0) is 11.7 Å². The topological polar surface area (TPSA) is 32.8 Å². The standard InChI is InChI=1S/C7H7FNO/c1-5-7(8)3-2-6(4-10)9-5/h2-3H,4H2,1H3. The summed E-state index contributed by atoms with van der Waals surface area (Å²) in [6.07, 6.45) is 0. The van der Waals surface area contributed by atoms with Crippen LogP contribution >= 0.6 is 0 Å². The highest BCUT2D eigenvalue weighted by Gasteiger charge is 1.98. The summed E-state index contributed by atoms with van der Waals surface area (Å²) in [7, 11) is 0. The molecule has 0 aromatic carbocycles. The minimum Gasteiger partial charge on any atom is -0.253 e. The minimum atomic E-state index is -0.388. The van der Waals surface area contributed by atoms with Crippen molar-refractivity contribution in [1.82, 2.24) is 4.98 Å². The molecule has 0 fully saturated rings. The van der Waals surface area contributed by atoms with Gasteiger partial charge in [-0.15, -0.1) is 0 Å². The lowest BCUT2D eigenvalue weighted by molar-refractivity contribution is 0.173. The maximum absolute atomic E-state index is 12.5. The fourth-order valence-corrected chi connectivity index (χ4v) is 0.676. The van der Waals surface area contributed by atoms with E-state index < -0.39 is 0 Å². The molecule has 0 saturated heterocycles. The van der Waals surface area contributed by atoms with Crippen LogP contribution in [0.5, 0.6) is 0 Å². The molecule has 0 unspecified atom stereocenters. The average molecular weight is 140 g/mol. The first-order valence-corrected chi connectivity index (χ1v) is 2.94. The number of hydrogen-bond donors (Lipinski definition) is 0. The summed E-state index contributed by atoms with van der Waals surface area (Å²) >= 11 is 0. The average Bonchev–Trinajstić information content (AvgIpc) is 1.95. The Labute approximate surface area is 58.3 Å². The predicted molar refractivity (Wildman–Crippen MR) is 33.3 cm³/mol. The maximum atomic E-state index is 12.5. The summed E-state index contributed by atoms with van der Waals surface area (Å²) in [6, 6.07) is 2.66. The lowest BCUT2D eigenvalue weighted by Gasteiger charge is -1.96. The molecule has 0 saturated carbocycles. The van der Waals surface area contributed by atoms with Gasteiger partial charge in [0.25, 0.3) is 0 Å². The van der Waals surface area contributed by atoms with Gasteiger partial charge < -0.3 is 0 Å². The lowest BCUT2D eigenvalue weighted by Crippen LogP contribution is -1.93. The Morgan fingerprint density at radius 1 is 1.60 bits per heavy atom. The summed E-state index contributed by atoms with van der Waals surface area (Å²) in [5, 5.41) is 10.2. The fraction of sp³-hybridized carbons (Fsp3) is 0.286. The number of nitrogens with zero attached hydrogens (tertiary/aromatic N) is 1. The van der Waals surface area contributed by atoms with Gasteiger partial charge in [0.2, 0.25) is 0 Å². The molecule has 0 amide bonds. The summed E-state index contributed by atoms with van der Waals surface area (Å²) in [6.45, 7) is 1.15. The lowest BCUT2D eigenvalue weighted by atomic mass is 10.3. The molecule has 1 heterocycles. The van der Waals surface area contributed by atoms with Gasteiger partial charge >= 0.3 is 0 Å². The van der Waals surface area contributed by atoms with E-state index in [9.17, 15) is 9.50 Å². The molecule has 3 heteroatoms. The van der Waals surface area contributed by atoms with Crippen LogP contribution in [0.3, 0.4) is 0 Å². The van der Waals surface area contributed by atoms with Crippen molar-refractivity contribution in [2.24, 2.45) is 0 Å². The van der Waals surface area contributed by atoms with Crippen LogP contribution < -0.4 is 0 Å². The quantitative estimate of drug-likeness (QED) is 0.581. The first kappa shape index (κ1) is 7.15. The van der Waals surface area contributed by atoms with Gasteiger partial charge in [-0.25, -0.2) is 9.50 Å². The van der Waals surface area contributed by atoms with Crippen LogP contribution in [0, 0.1) is 12.7 Å². The van der Waals surface area contributed by atoms with Crippen molar-refractivity contribution in [1.29, 1.82) is 0 Å². The van der Waals surface area contributed by atoms with E-state index in [2.05, 4.69) is 4.98 Å². The molecule has 0 N–H and O–H groups in total. The van der Waals surface area contributed by atoms with Gasteiger partial charge in [-0.1, -0.05) is 0 Å². The van der Waals surface area contributed by atoms with Crippen molar-refractivity contribution in [2.45, 2.75) is 13.5 Å². The van der Waals surface area contributed by atoms with Crippen molar-refractivity contribution in [2.75, 3.05) is 0 Å². The Balaban J connectivity index is 3.04. The van der Waals surface area contributed by atoms with Crippen LogP contribution in [-0.4, -0.2) is 4.98 Å². The van der Waals surface area contributed by atoms with Gasteiger partial charge in [0.05, 0.1) is 11.4 Å². The highest BCUT2D eigenvalue weighted by Crippen LogP contribution is 2.03. The first-order valence-electron chi connectivity index (χ1n) is 2.94. The van der Waals surface area contributed by atoms with E-state index in [0.29, 0.717) is 5.69 Å². The van der Waals surface area contributed by atoms with Gasteiger partial charge in [-0.05, 0) is 19.1 Å². The number of hydrogen-bond acceptors (Lipinski definition) is 1. The third kappa shape index (κ3) is 1.30. The molecule has 2 nitrogen and oxygen atoms in total. The van der Waals surface area contributed by atoms with Gasteiger partial charge in [0.1, 0.15) is 12.4 Å². The number of pyridine rings is 1. The Hall–Kier alpha value is -0.960. The van der Waals surface area contributed by atoms with Crippen molar-refractivity contribution in [3.8, 4) is 0 Å². The second-order valence-corrected chi connectivity index (χ2v) is 2.01. The largest absolute Gasteiger partial charge is 0.253 e. The van der Waals surface area contributed by atoms with E-state index in [1.807, 2.05) is 0 Å². The predicted octanol–water partition coefficient (Wildman–Crippen LogP) is 1.46. The Morgan fingerprint density at radius 3 is 2.80 bits per heavy atom. The monoisotopic (exact) mass is 140 g/mol. The number of aromatic nitrogens is 1. The maximum Gasteiger partial charge on any atom is 0.144 e. The molecule has 0 aliphatic rings. The minimum absolute atomic E-state index is 0.286. The van der Waals surface area contributed by atoms with E-state index in [4.69, 9.17) is 0 Å². The number of aryl methyl sites for hydroxylation is 1. The van der Waals surface area contributed by atoms with Gasteiger partial charge in [-0.2, -0.15) is 0 Å². The first-order chi connectivity index (χ1) is 4.74. The molecule has 53 valence electrons. The zero-order valence-electron chi connectivity index (χ0n) is 5.60. The summed E-state index contributed by atoms with van der Waals surface area (Å²) in [5.74, 6) is -0.364. The number of halogens is 1. The summed E-state index contributed by atoms with van der Waals surface area (Å²) < 4.78 is 12.5. The smallest absolute Gasteiger partial charge is 0.144 e.